The average molecular weight is 288 g/mol. The van der Waals surface area contributed by atoms with Gasteiger partial charge in [-0.25, -0.2) is 13.2 Å². The summed E-state index contributed by atoms with van der Waals surface area (Å²) in [4.78, 5) is 16.1. The highest BCUT2D eigenvalue weighted by Crippen LogP contribution is 2.22. The van der Waals surface area contributed by atoms with E-state index < -0.39 is 9.84 Å². The largest absolute Gasteiger partial charge is 0.325 e. The Bertz CT molecular complexity index is 427. The first-order chi connectivity index (χ1) is 8.93. The molecule has 2 amide bonds. The molecule has 1 atom stereocenters. The van der Waals surface area contributed by atoms with Crippen molar-refractivity contribution in [3.05, 3.63) is 0 Å². The Kier molecular flexibility index (Phi) is 4.38. The van der Waals surface area contributed by atoms with E-state index in [0.717, 1.165) is 25.9 Å². The molecular weight excluding hydrogens is 264 g/mol. The topological polar surface area (TPSA) is 57.7 Å². The Labute approximate surface area is 115 Å². The first-order valence-electron chi connectivity index (χ1n) is 7.19. The van der Waals surface area contributed by atoms with Crippen molar-refractivity contribution in [1.82, 2.24) is 9.80 Å². The van der Waals surface area contributed by atoms with Gasteiger partial charge in [-0.05, 0) is 32.1 Å². The summed E-state index contributed by atoms with van der Waals surface area (Å²) < 4.78 is 23.1. The lowest BCUT2D eigenvalue weighted by Crippen LogP contribution is -2.50. The molecule has 19 heavy (non-hydrogen) atoms. The molecule has 0 bridgehead atoms. The predicted octanol–water partition coefficient (Wildman–Crippen LogP) is 1.35. The number of piperidine rings is 1. The highest BCUT2D eigenvalue weighted by atomic mass is 32.2. The molecule has 2 fully saturated rings. The molecule has 0 N–H and O–H groups in total. The van der Waals surface area contributed by atoms with Crippen LogP contribution in [0.3, 0.4) is 0 Å². The van der Waals surface area contributed by atoms with Crippen LogP contribution in [0.2, 0.25) is 0 Å². The van der Waals surface area contributed by atoms with Crippen molar-refractivity contribution in [3.8, 4) is 0 Å². The Balaban J connectivity index is 1.99. The Hall–Kier alpha value is -0.780. The summed E-state index contributed by atoms with van der Waals surface area (Å²) in [5.74, 6) is 1.04. The Morgan fingerprint density at radius 1 is 1.26 bits per heavy atom. The first kappa shape index (κ1) is 14.6. The molecule has 2 aliphatic rings. The van der Waals surface area contributed by atoms with Crippen LogP contribution < -0.4 is 0 Å². The van der Waals surface area contributed by atoms with Gasteiger partial charge in [0.1, 0.15) is 0 Å². The number of hydrogen-bond acceptors (Lipinski definition) is 3. The summed E-state index contributed by atoms with van der Waals surface area (Å²) in [5.41, 5.74) is 0. The van der Waals surface area contributed by atoms with Crippen LogP contribution in [-0.2, 0) is 9.84 Å². The molecule has 0 saturated carbocycles. The quantitative estimate of drug-likeness (QED) is 0.770. The van der Waals surface area contributed by atoms with Crippen LogP contribution in [0.1, 0.15) is 33.1 Å². The van der Waals surface area contributed by atoms with E-state index in [9.17, 15) is 13.2 Å². The van der Waals surface area contributed by atoms with Gasteiger partial charge in [-0.2, -0.15) is 0 Å². The standard InChI is InChI=1S/C13H24N2O3S/c1-3-15(12-6-9-19(17,18)10-12)13(16)14-7-4-11(2)5-8-14/h11-12H,3-10H2,1-2H3. The summed E-state index contributed by atoms with van der Waals surface area (Å²) in [5, 5.41) is 0. The number of likely N-dealkylation sites (tertiary alicyclic amines) is 1. The summed E-state index contributed by atoms with van der Waals surface area (Å²) >= 11 is 0. The van der Waals surface area contributed by atoms with Crippen LogP contribution in [0, 0.1) is 5.92 Å². The third-order valence-electron chi connectivity index (χ3n) is 4.29. The van der Waals surface area contributed by atoms with E-state index in [1.54, 1.807) is 4.90 Å². The second-order valence-corrected chi connectivity index (χ2v) is 8.02. The van der Waals surface area contributed by atoms with Crippen LogP contribution in [0.4, 0.5) is 4.79 Å². The summed E-state index contributed by atoms with van der Waals surface area (Å²) in [7, 11) is -2.94. The molecule has 0 spiro atoms. The molecule has 1 unspecified atom stereocenters. The molecule has 2 aliphatic heterocycles. The van der Waals surface area contributed by atoms with Crippen molar-refractivity contribution >= 4 is 15.9 Å². The molecular formula is C13H24N2O3S. The third kappa shape index (κ3) is 3.41. The molecule has 2 rings (SSSR count). The highest BCUT2D eigenvalue weighted by Gasteiger charge is 2.36. The summed E-state index contributed by atoms with van der Waals surface area (Å²) in [6.07, 6.45) is 2.69. The van der Waals surface area contributed by atoms with Crippen molar-refractivity contribution in [3.63, 3.8) is 0 Å². The lowest BCUT2D eigenvalue weighted by molar-refractivity contribution is 0.124. The lowest BCUT2D eigenvalue weighted by atomic mass is 9.99. The highest BCUT2D eigenvalue weighted by molar-refractivity contribution is 7.91. The normalized spacial score (nSPS) is 27.5. The molecule has 110 valence electrons. The maximum atomic E-state index is 12.5. The van der Waals surface area contributed by atoms with Crippen LogP contribution in [0.15, 0.2) is 0 Å². The molecule has 0 aromatic rings. The fourth-order valence-corrected chi connectivity index (χ4v) is 4.68. The van der Waals surface area contributed by atoms with Gasteiger partial charge in [0.05, 0.1) is 11.5 Å². The number of rotatable bonds is 2. The van der Waals surface area contributed by atoms with Crippen LogP contribution in [0.5, 0.6) is 0 Å². The summed E-state index contributed by atoms with van der Waals surface area (Å²) in [6.45, 7) is 6.33. The average Bonchev–Trinajstić information content (AvgIpc) is 2.71. The van der Waals surface area contributed by atoms with E-state index in [4.69, 9.17) is 0 Å². The second-order valence-electron chi connectivity index (χ2n) is 5.80. The van der Waals surface area contributed by atoms with E-state index in [1.165, 1.54) is 0 Å². The van der Waals surface area contributed by atoms with Gasteiger partial charge in [0.25, 0.3) is 0 Å². The fourth-order valence-electron chi connectivity index (χ4n) is 2.95. The predicted molar refractivity (Wildman–Crippen MR) is 74.8 cm³/mol. The monoisotopic (exact) mass is 288 g/mol. The molecule has 5 nitrogen and oxygen atoms in total. The number of nitrogens with zero attached hydrogens (tertiary/aromatic N) is 2. The van der Waals surface area contributed by atoms with Gasteiger partial charge in [0, 0.05) is 25.7 Å². The lowest BCUT2D eigenvalue weighted by Gasteiger charge is -2.36. The number of carbonyl (C=O) groups is 1. The number of carbonyl (C=O) groups excluding carboxylic acids is 1. The van der Waals surface area contributed by atoms with Crippen LogP contribution >= 0.6 is 0 Å². The van der Waals surface area contributed by atoms with Crippen molar-refractivity contribution in [2.24, 2.45) is 5.92 Å². The Morgan fingerprint density at radius 3 is 2.37 bits per heavy atom. The van der Waals surface area contributed by atoms with Crippen molar-refractivity contribution in [1.29, 1.82) is 0 Å². The molecule has 0 aliphatic carbocycles. The minimum Gasteiger partial charge on any atom is -0.325 e. The fraction of sp³-hybridized carbons (Fsp3) is 0.923. The Morgan fingerprint density at radius 2 is 1.89 bits per heavy atom. The molecule has 2 saturated heterocycles. The number of urea groups is 1. The van der Waals surface area contributed by atoms with Crippen LogP contribution in [0.25, 0.3) is 0 Å². The molecule has 0 radical (unpaired) electrons. The van der Waals surface area contributed by atoms with E-state index in [2.05, 4.69) is 6.92 Å². The van der Waals surface area contributed by atoms with Gasteiger partial charge in [0.15, 0.2) is 9.84 Å². The minimum absolute atomic E-state index is 0.0245. The van der Waals surface area contributed by atoms with Gasteiger partial charge in [0.2, 0.25) is 0 Å². The summed E-state index contributed by atoms with van der Waals surface area (Å²) in [6, 6.07) is -0.0987. The van der Waals surface area contributed by atoms with Gasteiger partial charge >= 0.3 is 6.03 Å². The maximum absolute atomic E-state index is 12.5. The van der Waals surface area contributed by atoms with E-state index in [-0.39, 0.29) is 23.6 Å². The second kappa shape index (κ2) is 5.69. The number of amides is 2. The minimum atomic E-state index is -2.94. The van der Waals surface area contributed by atoms with E-state index in [1.807, 2.05) is 11.8 Å². The van der Waals surface area contributed by atoms with E-state index in [0.29, 0.717) is 18.9 Å². The molecule has 6 heteroatoms. The van der Waals surface area contributed by atoms with Gasteiger partial charge in [-0.3, -0.25) is 0 Å². The van der Waals surface area contributed by atoms with Crippen molar-refractivity contribution in [2.45, 2.75) is 39.2 Å². The molecule has 0 aromatic carbocycles. The third-order valence-corrected chi connectivity index (χ3v) is 6.04. The smallest absolute Gasteiger partial charge is 0.320 e. The first-order valence-corrected chi connectivity index (χ1v) is 9.01. The van der Waals surface area contributed by atoms with Gasteiger partial charge < -0.3 is 9.80 Å². The number of hydrogen-bond donors (Lipinski definition) is 0. The zero-order valence-electron chi connectivity index (χ0n) is 11.8. The van der Waals surface area contributed by atoms with Gasteiger partial charge in [-0.15, -0.1) is 0 Å². The van der Waals surface area contributed by atoms with Crippen molar-refractivity contribution in [2.75, 3.05) is 31.1 Å². The zero-order valence-corrected chi connectivity index (χ0v) is 12.7. The maximum Gasteiger partial charge on any atom is 0.320 e. The zero-order chi connectivity index (χ0) is 14.0. The SMILES string of the molecule is CCN(C(=O)N1CCC(C)CC1)C1CCS(=O)(=O)C1. The van der Waals surface area contributed by atoms with Gasteiger partial charge in [-0.1, -0.05) is 6.92 Å². The molecule has 2 heterocycles. The number of sulfone groups is 1. The van der Waals surface area contributed by atoms with E-state index >= 15 is 0 Å². The molecule has 0 aromatic heterocycles. The van der Waals surface area contributed by atoms with Crippen molar-refractivity contribution < 1.29 is 13.2 Å². The van der Waals surface area contributed by atoms with Crippen LogP contribution in [-0.4, -0.2) is 61.4 Å².